The Morgan fingerprint density at radius 1 is 1.06 bits per heavy atom. The van der Waals surface area contributed by atoms with Crippen LogP contribution in [0.5, 0.6) is 11.5 Å². The van der Waals surface area contributed by atoms with E-state index in [0.29, 0.717) is 35.1 Å². The number of methoxy groups -OCH3 is 1. The Hall–Kier alpha value is -4.11. The number of thioether (sulfide) groups is 1. The second-order valence-corrected chi connectivity index (χ2v) is 8.41. The molecule has 1 N–H and O–H groups in total. The number of urea groups is 1. The number of nitrogens with zero attached hydrogens (tertiary/aromatic N) is 2. The van der Waals surface area contributed by atoms with Crippen LogP contribution in [0.25, 0.3) is 6.08 Å². The number of carbonyl (C=O) groups excluding carboxylic acids is 3. The minimum Gasteiger partial charge on any atom is -0.496 e. The van der Waals surface area contributed by atoms with Gasteiger partial charge in [-0.15, -0.1) is 11.8 Å². The number of hydrogen-bond donors (Lipinski definition) is 1. The van der Waals surface area contributed by atoms with Crippen molar-refractivity contribution in [3.05, 3.63) is 83.6 Å². The van der Waals surface area contributed by atoms with Crippen molar-refractivity contribution >= 4 is 41.4 Å². The lowest BCUT2D eigenvalue weighted by Crippen LogP contribution is -2.54. The molecule has 1 fully saturated rings. The van der Waals surface area contributed by atoms with E-state index in [1.807, 2.05) is 31.2 Å². The molecular formula is C26H23N3O5S. The van der Waals surface area contributed by atoms with Gasteiger partial charge in [0.25, 0.3) is 11.8 Å². The lowest BCUT2D eigenvalue weighted by atomic mass is 10.0. The fourth-order valence-electron chi connectivity index (χ4n) is 3.50. The molecule has 0 radical (unpaired) electrons. The lowest BCUT2D eigenvalue weighted by Gasteiger charge is -2.26. The number of carbonyl (C=O) groups is 3. The average Bonchev–Trinajstić information content (AvgIpc) is 2.87. The summed E-state index contributed by atoms with van der Waals surface area (Å²) in [5.74, 6) is 0.419. The summed E-state index contributed by atoms with van der Waals surface area (Å²) in [5.41, 5.74) is 1.69. The number of barbiturate groups is 1. The van der Waals surface area contributed by atoms with Crippen molar-refractivity contribution in [3.8, 4) is 11.5 Å². The van der Waals surface area contributed by atoms with Gasteiger partial charge in [-0.3, -0.25) is 14.9 Å². The van der Waals surface area contributed by atoms with Crippen molar-refractivity contribution in [2.75, 3.05) is 18.6 Å². The highest BCUT2D eigenvalue weighted by Gasteiger charge is 2.36. The van der Waals surface area contributed by atoms with Gasteiger partial charge in [0.05, 0.1) is 24.4 Å². The monoisotopic (exact) mass is 489 g/mol. The van der Waals surface area contributed by atoms with Crippen LogP contribution in [0.15, 0.2) is 77.5 Å². The second kappa shape index (κ2) is 10.9. The third-order valence-corrected chi connectivity index (χ3v) is 6.13. The lowest BCUT2D eigenvalue weighted by molar-refractivity contribution is -0.122. The summed E-state index contributed by atoms with van der Waals surface area (Å²) in [7, 11) is 1.58. The first-order chi connectivity index (χ1) is 17.0. The number of amides is 4. The fraction of sp³-hybridized carbons (Fsp3) is 0.154. The number of pyridine rings is 1. The quantitative estimate of drug-likeness (QED) is 0.284. The van der Waals surface area contributed by atoms with Crippen molar-refractivity contribution in [2.24, 2.45) is 0 Å². The molecule has 0 atom stereocenters. The molecule has 2 aromatic carbocycles. The van der Waals surface area contributed by atoms with Gasteiger partial charge in [0.1, 0.15) is 17.1 Å². The van der Waals surface area contributed by atoms with E-state index in [2.05, 4.69) is 10.3 Å². The molecule has 2 heterocycles. The molecule has 3 aromatic rings. The molecule has 1 saturated heterocycles. The van der Waals surface area contributed by atoms with E-state index in [9.17, 15) is 14.4 Å². The third-order valence-electron chi connectivity index (χ3n) is 5.14. The van der Waals surface area contributed by atoms with E-state index in [0.717, 1.165) is 15.5 Å². The predicted octanol–water partition coefficient (Wildman–Crippen LogP) is 4.45. The first-order valence-electron chi connectivity index (χ1n) is 10.8. The van der Waals surface area contributed by atoms with Crippen LogP contribution >= 0.6 is 11.8 Å². The molecule has 0 saturated carbocycles. The summed E-state index contributed by atoms with van der Waals surface area (Å²) in [6.45, 7) is 2.36. The normalized spacial score (nSPS) is 14.7. The standard InChI is InChI=1S/C26H23N3O5S/c1-3-34-20-10-8-19(9-11-20)29-25(31)21(24(30)28-26(29)32)15-17-7-12-22(33-2)18(14-17)16-35-23-6-4-5-13-27-23/h4-15H,3,16H2,1-2H3,(H,28,30,32)/b21-15-. The molecule has 1 aliphatic rings. The summed E-state index contributed by atoms with van der Waals surface area (Å²) in [5, 5.41) is 3.11. The van der Waals surface area contributed by atoms with Crippen LogP contribution in [0, 0.1) is 0 Å². The SMILES string of the molecule is CCOc1ccc(N2C(=O)NC(=O)/C(=C/c3ccc(OC)c(CSc4ccccn4)c3)C2=O)cc1. The summed E-state index contributed by atoms with van der Waals surface area (Å²) < 4.78 is 10.9. The van der Waals surface area contributed by atoms with E-state index < -0.39 is 17.8 Å². The fourth-order valence-corrected chi connectivity index (χ4v) is 4.34. The Labute approximate surface area is 206 Å². The Morgan fingerprint density at radius 2 is 1.86 bits per heavy atom. The number of nitrogens with one attached hydrogen (secondary N) is 1. The largest absolute Gasteiger partial charge is 0.496 e. The molecule has 1 aromatic heterocycles. The third kappa shape index (κ3) is 5.52. The molecule has 35 heavy (non-hydrogen) atoms. The Kier molecular flexibility index (Phi) is 7.47. The number of benzene rings is 2. The van der Waals surface area contributed by atoms with Crippen LogP contribution in [-0.4, -0.2) is 36.5 Å². The van der Waals surface area contributed by atoms with E-state index in [-0.39, 0.29) is 5.57 Å². The topological polar surface area (TPSA) is 97.8 Å². The van der Waals surface area contributed by atoms with Crippen molar-refractivity contribution in [3.63, 3.8) is 0 Å². The van der Waals surface area contributed by atoms with Gasteiger partial charge in [0.2, 0.25) is 0 Å². The van der Waals surface area contributed by atoms with Crippen LogP contribution < -0.4 is 19.7 Å². The summed E-state index contributed by atoms with van der Waals surface area (Å²) in [4.78, 5) is 43.5. The molecule has 4 rings (SSSR count). The molecule has 9 heteroatoms. The van der Waals surface area contributed by atoms with Crippen molar-refractivity contribution in [1.29, 1.82) is 0 Å². The number of imide groups is 2. The summed E-state index contributed by atoms with van der Waals surface area (Å²) >= 11 is 1.54. The smallest absolute Gasteiger partial charge is 0.335 e. The zero-order valence-corrected chi connectivity index (χ0v) is 20.0. The van der Waals surface area contributed by atoms with Gasteiger partial charge >= 0.3 is 6.03 Å². The van der Waals surface area contributed by atoms with Gasteiger partial charge in [0.15, 0.2) is 0 Å². The predicted molar refractivity (Wildman–Crippen MR) is 133 cm³/mol. The highest BCUT2D eigenvalue weighted by atomic mass is 32.2. The number of ether oxygens (including phenoxy) is 2. The molecule has 1 aliphatic heterocycles. The number of rotatable bonds is 8. The average molecular weight is 490 g/mol. The van der Waals surface area contributed by atoms with Gasteiger partial charge in [-0.1, -0.05) is 12.1 Å². The summed E-state index contributed by atoms with van der Waals surface area (Å²) in [6.07, 6.45) is 3.20. The van der Waals surface area contributed by atoms with Gasteiger partial charge in [-0.05, 0) is 67.1 Å². The van der Waals surface area contributed by atoms with Crippen molar-refractivity contribution < 1.29 is 23.9 Å². The summed E-state index contributed by atoms with van der Waals surface area (Å²) in [6, 6.07) is 16.8. The van der Waals surface area contributed by atoms with Crippen LogP contribution in [0.3, 0.4) is 0 Å². The highest BCUT2D eigenvalue weighted by molar-refractivity contribution is 7.98. The Balaban J connectivity index is 1.61. The number of hydrogen-bond acceptors (Lipinski definition) is 7. The molecule has 8 nitrogen and oxygen atoms in total. The van der Waals surface area contributed by atoms with E-state index >= 15 is 0 Å². The van der Waals surface area contributed by atoms with Crippen molar-refractivity contribution in [2.45, 2.75) is 17.7 Å². The maximum atomic E-state index is 13.2. The van der Waals surface area contributed by atoms with Gasteiger partial charge < -0.3 is 9.47 Å². The minimum atomic E-state index is -0.802. The maximum Gasteiger partial charge on any atom is 0.335 e. The van der Waals surface area contributed by atoms with E-state index in [1.165, 1.54) is 6.08 Å². The Morgan fingerprint density at radius 3 is 2.54 bits per heavy atom. The molecule has 0 bridgehead atoms. The molecular weight excluding hydrogens is 466 g/mol. The van der Waals surface area contributed by atoms with Crippen molar-refractivity contribution in [1.82, 2.24) is 10.3 Å². The molecule has 0 aliphatic carbocycles. The second-order valence-electron chi connectivity index (χ2n) is 7.41. The van der Waals surface area contributed by atoms with Crippen LogP contribution in [0.2, 0.25) is 0 Å². The van der Waals surface area contributed by atoms with E-state index in [4.69, 9.17) is 9.47 Å². The number of aromatic nitrogens is 1. The van der Waals surface area contributed by atoms with Crippen LogP contribution in [0.4, 0.5) is 10.5 Å². The molecule has 4 amide bonds. The van der Waals surface area contributed by atoms with E-state index in [1.54, 1.807) is 61.5 Å². The number of anilines is 1. The zero-order valence-electron chi connectivity index (χ0n) is 19.2. The maximum absolute atomic E-state index is 13.2. The van der Waals surface area contributed by atoms with Gasteiger partial charge in [-0.2, -0.15) is 0 Å². The zero-order chi connectivity index (χ0) is 24.8. The van der Waals surface area contributed by atoms with Crippen LogP contribution in [-0.2, 0) is 15.3 Å². The molecule has 178 valence electrons. The van der Waals surface area contributed by atoms with Gasteiger partial charge in [0, 0.05) is 17.5 Å². The Bertz CT molecular complexity index is 1280. The van der Waals surface area contributed by atoms with Crippen LogP contribution in [0.1, 0.15) is 18.1 Å². The highest BCUT2D eigenvalue weighted by Crippen LogP contribution is 2.29. The molecule has 0 unspecified atom stereocenters. The molecule has 0 spiro atoms. The minimum absolute atomic E-state index is 0.146. The first-order valence-corrected chi connectivity index (χ1v) is 11.8. The first kappa shape index (κ1) is 24.0. The van der Waals surface area contributed by atoms with Gasteiger partial charge in [-0.25, -0.2) is 14.7 Å².